The molecule has 4 rings (SSSR count). The fourth-order valence-corrected chi connectivity index (χ4v) is 3.79. The molecule has 0 radical (unpaired) electrons. The van der Waals surface area contributed by atoms with E-state index in [1.807, 2.05) is 48.5 Å². The molecule has 0 saturated carbocycles. The molecule has 2 amide bonds. The van der Waals surface area contributed by atoms with Crippen LogP contribution in [0.4, 0.5) is 0 Å². The van der Waals surface area contributed by atoms with Crippen LogP contribution in [0.25, 0.3) is 11.1 Å². The van der Waals surface area contributed by atoms with E-state index in [2.05, 4.69) is 4.98 Å². The van der Waals surface area contributed by atoms with E-state index in [0.29, 0.717) is 49.0 Å². The van der Waals surface area contributed by atoms with Crippen molar-refractivity contribution in [3.63, 3.8) is 0 Å². The van der Waals surface area contributed by atoms with Crippen molar-refractivity contribution in [1.29, 1.82) is 0 Å². The Balaban J connectivity index is 1.40. The van der Waals surface area contributed by atoms with Crippen LogP contribution in [-0.2, 0) is 22.7 Å². The Kier molecular flexibility index (Phi) is 5.53. The van der Waals surface area contributed by atoms with E-state index in [1.54, 1.807) is 16.8 Å². The first kappa shape index (κ1) is 19.5. The lowest BCUT2D eigenvalue weighted by Gasteiger charge is -2.33. The Labute approximate surface area is 174 Å². The number of nitrogens with zero attached hydrogens (tertiary/aromatic N) is 3. The van der Waals surface area contributed by atoms with Gasteiger partial charge in [0.2, 0.25) is 17.7 Å². The quantitative estimate of drug-likeness (QED) is 0.639. The van der Waals surface area contributed by atoms with Crippen LogP contribution in [-0.4, -0.2) is 40.2 Å². The summed E-state index contributed by atoms with van der Waals surface area (Å²) < 4.78 is 5.72. The van der Waals surface area contributed by atoms with Gasteiger partial charge in [0.1, 0.15) is 5.52 Å². The maximum atomic E-state index is 13.0. The van der Waals surface area contributed by atoms with Crippen LogP contribution in [0.3, 0.4) is 0 Å². The number of para-hydroxylation sites is 2. The van der Waals surface area contributed by atoms with Crippen LogP contribution in [0.1, 0.15) is 24.3 Å². The van der Waals surface area contributed by atoms with Crippen molar-refractivity contribution in [2.24, 2.45) is 5.92 Å². The van der Waals surface area contributed by atoms with Crippen molar-refractivity contribution in [2.45, 2.75) is 25.9 Å². The minimum absolute atomic E-state index is 0.000798. The number of rotatable bonds is 5. The largest absolute Gasteiger partial charge is 0.439 e. The van der Waals surface area contributed by atoms with Gasteiger partial charge >= 0.3 is 0 Å². The molecule has 0 unspecified atom stereocenters. The SMILES string of the molecule is CN(Cc1nc2ccccc2o1)C(=O)[C@@H]1CCC(=O)N(Cc2ccc(Cl)cc2)C1. The molecule has 150 valence electrons. The summed E-state index contributed by atoms with van der Waals surface area (Å²) in [7, 11) is 1.75. The second kappa shape index (κ2) is 8.25. The van der Waals surface area contributed by atoms with Gasteiger partial charge in [-0.3, -0.25) is 9.59 Å². The van der Waals surface area contributed by atoms with Crippen molar-refractivity contribution in [3.8, 4) is 0 Å². The zero-order valence-electron chi connectivity index (χ0n) is 16.2. The highest BCUT2D eigenvalue weighted by Gasteiger charge is 2.32. The first-order chi connectivity index (χ1) is 14.0. The highest BCUT2D eigenvalue weighted by molar-refractivity contribution is 6.30. The van der Waals surface area contributed by atoms with Crippen LogP contribution in [0.2, 0.25) is 5.02 Å². The number of likely N-dealkylation sites (tertiary alicyclic amines) is 1. The second-order valence-electron chi connectivity index (χ2n) is 7.41. The Bertz CT molecular complexity index is 998. The molecule has 0 bridgehead atoms. The normalized spacial score (nSPS) is 17.0. The summed E-state index contributed by atoms with van der Waals surface area (Å²) in [6.07, 6.45) is 0.938. The second-order valence-corrected chi connectivity index (χ2v) is 7.84. The lowest BCUT2D eigenvalue weighted by atomic mass is 9.95. The molecule has 2 heterocycles. The van der Waals surface area contributed by atoms with E-state index in [1.165, 1.54) is 0 Å². The molecule has 6 nitrogen and oxygen atoms in total. The average Bonchev–Trinajstić information content (AvgIpc) is 3.13. The number of aromatic nitrogens is 1. The smallest absolute Gasteiger partial charge is 0.227 e. The molecular weight excluding hydrogens is 390 g/mol. The number of carbonyl (C=O) groups excluding carboxylic acids is 2. The number of piperidine rings is 1. The van der Waals surface area contributed by atoms with Crippen LogP contribution in [0.15, 0.2) is 52.9 Å². The predicted octanol–water partition coefficient (Wildman–Crippen LogP) is 3.88. The Morgan fingerprint density at radius 1 is 1.24 bits per heavy atom. The number of benzene rings is 2. The van der Waals surface area contributed by atoms with Crippen LogP contribution >= 0.6 is 11.6 Å². The van der Waals surface area contributed by atoms with Gasteiger partial charge in [0.15, 0.2) is 5.58 Å². The lowest BCUT2D eigenvalue weighted by molar-refractivity contribution is -0.143. The summed E-state index contributed by atoms with van der Waals surface area (Å²) >= 11 is 5.93. The molecular formula is C22H22ClN3O3. The zero-order valence-corrected chi connectivity index (χ0v) is 16.9. The first-order valence-corrected chi connectivity index (χ1v) is 9.99. The standard InChI is InChI=1S/C22H22ClN3O3/c1-25(14-20-24-18-4-2-3-5-19(18)29-20)22(28)16-8-11-21(27)26(13-16)12-15-6-9-17(23)10-7-15/h2-7,9-10,16H,8,11-14H2,1H3/t16-/m1/s1. The lowest BCUT2D eigenvalue weighted by Crippen LogP contribution is -2.45. The van der Waals surface area contributed by atoms with E-state index in [4.69, 9.17) is 16.0 Å². The molecule has 0 N–H and O–H groups in total. The summed E-state index contributed by atoms with van der Waals surface area (Å²) in [5.41, 5.74) is 2.48. The van der Waals surface area contributed by atoms with E-state index < -0.39 is 0 Å². The van der Waals surface area contributed by atoms with Crippen molar-refractivity contribution < 1.29 is 14.0 Å². The first-order valence-electron chi connectivity index (χ1n) is 9.61. The average molecular weight is 412 g/mol. The number of halogens is 1. The third-order valence-corrected chi connectivity index (χ3v) is 5.47. The van der Waals surface area contributed by atoms with Gasteiger partial charge in [0.25, 0.3) is 0 Å². The van der Waals surface area contributed by atoms with E-state index >= 15 is 0 Å². The summed E-state index contributed by atoms with van der Waals surface area (Å²) in [4.78, 5) is 33.1. The number of hydrogen-bond acceptors (Lipinski definition) is 4. The predicted molar refractivity (Wildman–Crippen MR) is 110 cm³/mol. The van der Waals surface area contributed by atoms with Gasteiger partial charge in [-0.05, 0) is 36.2 Å². The molecule has 2 aromatic carbocycles. The van der Waals surface area contributed by atoms with E-state index in [0.717, 1.165) is 11.1 Å². The van der Waals surface area contributed by atoms with Crippen molar-refractivity contribution in [3.05, 3.63) is 65.0 Å². The van der Waals surface area contributed by atoms with Crippen LogP contribution < -0.4 is 0 Å². The number of oxazole rings is 1. The molecule has 1 aliphatic heterocycles. The maximum Gasteiger partial charge on any atom is 0.227 e. The Morgan fingerprint density at radius 2 is 2.00 bits per heavy atom. The number of carbonyl (C=O) groups is 2. The molecule has 1 fully saturated rings. The van der Waals surface area contributed by atoms with E-state index in [9.17, 15) is 9.59 Å². The zero-order chi connectivity index (χ0) is 20.4. The summed E-state index contributed by atoms with van der Waals surface area (Å²) in [5.74, 6) is 0.354. The summed E-state index contributed by atoms with van der Waals surface area (Å²) in [5, 5.41) is 0.660. The van der Waals surface area contributed by atoms with Gasteiger partial charge < -0.3 is 14.2 Å². The van der Waals surface area contributed by atoms with Gasteiger partial charge in [-0.1, -0.05) is 35.9 Å². The van der Waals surface area contributed by atoms with Crippen LogP contribution in [0.5, 0.6) is 0 Å². The minimum Gasteiger partial charge on any atom is -0.439 e. The monoisotopic (exact) mass is 411 g/mol. The highest BCUT2D eigenvalue weighted by Crippen LogP contribution is 2.23. The van der Waals surface area contributed by atoms with E-state index in [-0.39, 0.29) is 17.7 Å². The summed E-state index contributed by atoms with van der Waals surface area (Å²) in [6.45, 7) is 1.20. The third kappa shape index (κ3) is 4.43. The molecule has 1 saturated heterocycles. The molecule has 0 spiro atoms. The van der Waals surface area contributed by atoms with Crippen molar-refractivity contribution in [2.75, 3.05) is 13.6 Å². The van der Waals surface area contributed by atoms with Crippen molar-refractivity contribution >= 4 is 34.5 Å². The fraction of sp³-hybridized carbons (Fsp3) is 0.318. The van der Waals surface area contributed by atoms with Crippen LogP contribution in [0, 0.1) is 5.92 Å². The number of hydrogen-bond donors (Lipinski definition) is 0. The Morgan fingerprint density at radius 3 is 2.76 bits per heavy atom. The molecule has 29 heavy (non-hydrogen) atoms. The molecule has 1 aromatic heterocycles. The molecule has 1 aliphatic rings. The van der Waals surface area contributed by atoms with Gasteiger partial charge in [-0.25, -0.2) is 4.98 Å². The van der Waals surface area contributed by atoms with Gasteiger partial charge in [-0.15, -0.1) is 0 Å². The molecule has 7 heteroatoms. The fourth-order valence-electron chi connectivity index (χ4n) is 3.66. The summed E-state index contributed by atoms with van der Waals surface area (Å²) in [6, 6.07) is 14.9. The molecule has 3 aromatic rings. The number of amides is 2. The highest BCUT2D eigenvalue weighted by atomic mass is 35.5. The maximum absolute atomic E-state index is 13.0. The van der Waals surface area contributed by atoms with Gasteiger partial charge in [-0.2, -0.15) is 0 Å². The van der Waals surface area contributed by atoms with Gasteiger partial charge in [0, 0.05) is 31.6 Å². The minimum atomic E-state index is -0.227. The topological polar surface area (TPSA) is 66.7 Å². The molecule has 1 atom stereocenters. The molecule has 0 aliphatic carbocycles. The third-order valence-electron chi connectivity index (χ3n) is 5.22. The number of fused-ring (bicyclic) bond motifs is 1. The van der Waals surface area contributed by atoms with Crippen molar-refractivity contribution in [1.82, 2.24) is 14.8 Å². The van der Waals surface area contributed by atoms with Gasteiger partial charge in [0.05, 0.1) is 12.5 Å². The Hall–Kier alpha value is -2.86.